The van der Waals surface area contributed by atoms with Crippen LogP contribution in [0.3, 0.4) is 0 Å². The largest absolute Gasteiger partial charge is 0.306 e. The summed E-state index contributed by atoms with van der Waals surface area (Å²) in [6.07, 6.45) is 5.20. The second-order valence-corrected chi connectivity index (χ2v) is 4.82. The molecule has 0 spiro atoms. The third-order valence-corrected chi connectivity index (χ3v) is 3.13. The van der Waals surface area contributed by atoms with E-state index in [-0.39, 0.29) is 0 Å². The van der Waals surface area contributed by atoms with E-state index < -0.39 is 0 Å². The molecule has 1 aromatic heterocycles. The van der Waals surface area contributed by atoms with Crippen LogP contribution < -0.4 is 5.32 Å². The first-order valence-electron chi connectivity index (χ1n) is 5.48. The molecular weight excluding hydrogens is 278 g/mol. The molecule has 0 bridgehead atoms. The summed E-state index contributed by atoms with van der Waals surface area (Å²) in [5.74, 6) is 0. The lowest BCUT2D eigenvalue weighted by atomic mass is 10.1. The maximum Gasteiger partial charge on any atom is 0.115 e. The van der Waals surface area contributed by atoms with Gasteiger partial charge < -0.3 is 5.32 Å². The first kappa shape index (κ1) is 12.2. The molecule has 0 fully saturated rings. The molecule has 0 aliphatic rings. The average molecular weight is 292 g/mol. The Balaban J connectivity index is 1.93. The highest BCUT2D eigenvalue weighted by molar-refractivity contribution is 9.10. The fourth-order valence-electron chi connectivity index (χ4n) is 1.56. The van der Waals surface area contributed by atoms with Crippen molar-refractivity contribution in [1.82, 2.24) is 15.3 Å². The van der Waals surface area contributed by atoms with Crippen LogP contribution in [0, 0.1) is 0 Å². The van der Waals surface area contributed by atoms with Gasteiger partial charge in [-0.15, -0.1) is 0 Å². The van der Waals surface area contributed by atoms with E-state index >= 15 is 0 Å². The number of hydrogen-bond donors (Lipinski definition) is 1. The van der Waals surface area contributed by atoms with E-state index in [4.69, 9.17) is 0 Å². The van der Waals surface area contributed by atoms with Crippen molar-refractivity contribution in [2.24, 2.45) is 0 Å². The maximum atomic E-state index is 3.99. The zero-order chi connectivity index (χ0) is 12.1. The molecule has 0 aliphatic heterocycles. The summed E-state index contributed by atoms with van der Waals surface area (Å²) >= 11 is 3.43. The Labute approximate surface area is 109 Å². The van der Waals surface area contributed by atoms with E-state index in [1.54, 1.807) is 6.33 Å². The van der Waals surface area contributed by atoms with Crippen LogP contribution in [-0.2, 0) is 6.54 Å². The van der Waals surface area contributed by atoms with Crippen molar-refractivity contribution in [3.05, 3.63) is 58.6 Å². The van der Waals surface area contributed by atoms with E-state index in [2.05, 4.69) is 62.4 Å². The topological polar surface area (TPSA) is 37.8 Å². The normalized spacial score (nSPS) is 12.4. The van der Waals surface area contributed by atoms with E-state index in [0.717, 1.165) is 16.6 Å². The van der Waals surface area contributed by atoms with Crippen LogP contribution in [0.25, 0.3) is 0 Å². The van der Waals surface area contributed by atoms with Crippen LogP contribution in [0.15, 0.2) is 47.5 Å². The highest BCUT2D eigenvalue weighted by Gasteiger charge is 2.04. The summed E-state index contributed by atoms with van der Waals surface area (Å²) in [6, 6.07) is 8.65. The molecule has 17 heavy (non-hydrogen) atoms. The number of nitrogens with zero attached hydrogens (tertiary/aromatic N) is 2. The zero-order valence-electron chi connectivity index (χ0n) is 9.60. The van der Waals surface area contributed by atoms with Crippen LogP contribution in [0.4, 0.5) is 0 Å². The van der Waals surface area contributed by atoms with E-state index in [1.165, 1.54) is 5.56 Å². The molecule has 0 radical (unpaired) electrons. The van der Waals surface area contributed by atoms with Gasteiger partial charge in [0.05, 0.1) is 0 Å². The summed E-state index contributed by atoms with van der Waals surface area (Å²) in [6.45, 7) is 2.92. The number of nitrogens with one attached hydrogen (secondary N) is 1. The summed E-state index contributed by atoms with van der Waals surface area (Å²) in [5.41, 5.74) is 2.36. The number of benzene rings is 1. The highest BCUT2D eigenvalue weighted by atomic mass is 79.9. The Hall–Kier alpha value is -1.26. The highest BCUT2D eigenvalue weighted by Crippen LogP contribution is 2.16. The van der Waals surface area contributed by atoms with Gasteiger partial charge in [-0.25, -0.2) is 9.97 Å². The van der Waals surface area contributed by atoms with Gasteiger partial charge in [-0.3, -0.25) is 0 Å². The third kappa shape index (κ3) is 3.61. The van der Waals surface area contributed by atoms with Crippen LogP contribution in [0.1, 0.15) is 24.1 Å². The second kappa shape index (κ2) is 5.89. The Morgan fingerprint density at radius 3 is 2.47 bits per heavy atom. The first-order chi connectivity index (χ1) is 8.25. The molecule has 1 heterocycles. The van der Waals surface area contributed by atoms with Gasteiger partial charge in [0, 0.05) is 35.0 Å². The smallest absolute Gasteiger partial charge is 0.115 e. The van der Waals surface area contributed by atoms with Crippen molar-refractivity contribution < 1.29 is 0 Å². The molecule has 0 unspecified atom stereocenters. The molecule has 2 rings (SSSR count). The van der Waals surface area contributed by atoms with Gasteiger partial charge in [0.2, 0.25) is 0 Å². The summed E-state index contributed by atoms with van der Waals surface area (Å²) in [5, 5.41) is 3.44. The van der Waals surface area contributed by atoms with Gasteiger partial charge in [-0.05, 0) is 24.6 Å². The molecule has 0 saturated heterocycles. The Morgan fingerprint density at radius 1 is 1.18 bits per heavy atom. The molecule has 1 aromatic carbocycles. The van der Waals surface area contributed by atoms with Gasteiger partial charge in [-0.2, -0.15) is 0 Å². The molecule has 0 saturated carbocycles. The Morgan fingerprint density at radius 2 is 1.82 bits per heavy atom. The van der Waals surface area contributed by atoms with E-state index in [0.29, 0.717) is 6.04 Å². The van der Waals surface area contributed by atoms with Crippen molar-refractivity contribution >= 4 is 15.9 Å². The molecular formula is C13H14BrN3. The number of rotatable bonds is 4. The standard InChI is InChI=1S/C13H14BrN3/c1-10(12-2-4-13(14)5-3-12)17-8-11-6-15-9-16-7-11/h2-7,9-10,17H,8H2,1H3/t10-/m0/s1. The fourth-order valence-corrected chi connectivity index (χ4v) is 1.83. The van der Waals surface area contributed by atoms with Gasteiger partial charge in [0.25, 0.3) is 0 Å². The zero-order valence-corrected chi connectivity index (χ0v) is 11.2. The minimum absolute atomic E-state index is 0.309. The third-order valence-electron chi connectivity index (χ3n) is 2.60. The summed E-state index contributed by atoms with van der Waals surface area (Å²) < 4.78 is 1.10. The fraction of sp³-hybridized carbons (Fsp3) is 0.231. The van der Waals surface area contributed by atoms with Crippen LogP contribution in [-0.4, -0.2) is 9.97 Å². The Bertz CT molecular complexity index is 456. The van der Waals surface area contributed by atoms with Crippen molar-refractivity contribution in [2.45, 2.75) is 19.5 Å². The predicted octanol–water partition coefficient (Wildman–Crippen LogP) is 3.09. The minimum Gasteiger partial charge on any atom is -0.306 e. The Kier molecular flexibility index (Phi) is 4.23. The van der Waals surface area contributed by atoms with Crippen LogP contribution in [0.2, 0.25) is 0 Å². The van der Waals surface area contributed by atoms with Crippen molar-refractivity contribution in [3.8, 4) is 0 Å². The SMILES string of the molecule is C[C@H](NCc1cncnc1)c1ccc(Br)cc1. The van der Waals surface area contributed by atoms with E-state index in [1.807, 2.05) is 12.4 Å². The first-order valence-corrected chi connectivity index (χ1v) is 6.28. The van der Waals surface area contributed by atoms with Crippen LogP contribution >= 0.6 is 15.9 Å². The lowest BCUT2D eigenvalue weighted by Crippen LogP contribution is -2.18. The number of hydrogen-bond acceptors (Lipinski definition) is 3. The number of halogens is 1. The summed E-state index contributed by atoms with van der Waals surface area (Å²) in [7, 11) is 0. The molecule has 3 nitrogen and oxygen atoms in total. The van der Waals surface area contributed by atoms with E-state index in [9.17, 15) is 0 Å². The lowest BCUT2D eigenvalue weighted by Gasteiger charge is -2.14. The van der Waals surface area contributed by atoms with Gasteiger partial charge in [0.15, 0.2) is 0 Å². The van der Waals surface area contributed by atoms with Crippen molar-refractivity contribution in [1.29, 1.82) is 0 Å². The van der Waals surface area contributed by atoms with Crippen molar-refractivity contribution in [2.75, 3.05) is 0 Å². The van der Waals surface area contributed by atoms with Crippen LogP contribution in [0.5, 0.6) is 0 Å². The second-order valence-electron chi connectivity index (χ2n) is 3.90. The molecule has 2 aromatic rings. The average Bonchev–Trinajstić information content (AvgIpc) is 2.38. The summed E-state index contributed by atoms with van der Waals surface area (Å²) in [4.78, 5) is 7.98. The molecule has 0 amide bonds. The monoisotopic (exact) mass is 291 g/mol. The predicted molar refractivity (Wildman–Crippen MR) is 71.4 cm³/mol. The molecule has 1 atom stereocenters. The van der Waals surface area contributed by atoms with Crippen molar-refractivity contribution in [3.63, 3.8) is 0 Å². The molecule has 88 valence electrons. The molecule has 0 aliphatic carbocycles. The molecule has 4 heteroatoms. The maximum absolute atomic E-state index is 3.99. The minimum atomic E-state index is 0.309. The number of aromatic nitrogens is 2. The van der Waals surface area contributed by atoms with Gasteiger partial charge in [0.1, 0.15) is 6.33 Å². The lowest BCUT2D eigenvalue weighted by molar-refractivity contribution is 0.572. The van der Waals surface area contributed by atoms with Gasteiger partial charge >= 0.3 is 0 Å². The van der Waals surface area contributed by atoms with Gasteiger partial charge in [-0.1, -0.05) is 28.1 Å². The quantitative estimate of drug-likeness (QED) is 0.941. The molecule has 1 N–H and O–H groups in total.